The summed E-state index contributed by atoms with van der Waals surface area (Å²) in [5.74, 6) is 0.582. The molecule has 35 heavy (non-hydrogen) atoms. The Morgan fingerprint density at radius 1 is 1.11 bits per heavy atom. The van der Waals surface area contributed by atoms with Gasteiger partial charge in [0, 0.05) is 44.5 Å². The first kappa shape index (κ1) is 23.8. The SMILES string of the molecule is CCn1ncc2c(NC(C)C3CCCCC3)c(C(=O)NC3CCN(Cc4ccccc4)C3)cnc21. The van der Waals surface area contributed by atoms with E-state index in [1.54, 1.807) is 6.20 Å². The van der Waals surface area contributed by atoms with E-state index in [2.05, 4.69) is 63.7 Å². The highest BCUT2D eigenvalue weighted by atomic mass is 16.1. The van der Waals surface area contributed by atoms with Gasteiger partial charge in [0.25, 0.3) is 5.91 Å². The molecule has 3 heterocycles. The van der Waals surface area contributed by atoms with Crippen molar-refractivity contribution in [3.63, 3.8) is 0 Å². The van der Waals surface area contributed by atoms with Gasteiger partial charge in [-0.05, 0) is 44.6 Å². The summed E-state index contributed by atoms with van der Waals surface area (Å²) in [7, 11) is 0. The van der Waals surface area contributed by atoms with E-state index in [9.17, 15) is 4.79 Å². The summed E-state index contributed by atoms with van der Waals surface area (Å²) in [6, 6.07) is 11.0. The lowest BCUT2D eigenvalue weighted by Gasteiger charge is -2.30. The zero-order chi connectivity index (χ0) is 24.2. The van der Waals surface area contributed by atoms with E-state index >= 15 is 0 Å². The maximum absolute atomic E-state index is 13.5. The molecule has 1 aliphatic carbocycles. The van der Waals surface area contributed by atoms with Crippen LogP contribution in [0.4, 0.5) is 5.69 Å². The number of carbonyl (C=O) groups is 1. The topological polar surface area (TPSA) is 75.1 Å². The molecule has 7 heteroatoms. The molecule has 1 aliphatic heterocycles. The number of rotatable bonds is 8. The van der Waals surface area contributed by atoms with E-state index in [4.69, 9.17) is 0 Å². The lowest BCUT2D eigenvalue weighted by Crippen LogP contribution is -2.38. The van der Waals surface area contributed by atoms with Gasteiger partial charge in [-0.1, -0.05) is 49.6 Å². The number of anilines is 1. The number of pyridine rings is 1. The number of amides is 1. The minimum atomic E-state index is -0.0476. The molecule has 7 nitrogen and oxygen atoms in total. The summed E-state index contributed by atoms with van der Waals surface area (Å²) >= 11 is 0. The van der Waals surface area contributed by atoms with Gasteiger partial charge < -0.3 is 10.6 Å². The second kappa shape index (κ2) is 10.8. The lowest BCUT2D eigenvalue weighted by atomic mass is 9.84. The smallest absolute Gasteiger partial charge is 0.255 e. The highest BCUT2D eigenvalue weighted by molar-refractivity contribution is 6.06. The molecule has 1 amide bonds. The van der Waals surface area contributed by atoms with E-state index in [0.29, 0.717) is 17.5 Å². The van der Waals surface area contributed by atoms with Crippen LogP contribution < -0.4 is 10.6 Å². The third kappa shape index (κ3) is 5.35. The highest BCUT2D eigenvalue weighted by Crippen LogP contribution is 2.32. The van der Waals surface area contributed by atoms with E-state index in [1.807, 2.05) is 16.9 Å². The molecule has 0 radical (unpaired) electrons. The van der Waals surface area contributed by atoms with Crippen LogP contribution in [0.1, 0.15) is 68.3 Å². The molecular formula is C28H38N6O. The number of aromatic nitrogens is 3. The normalized spacial score (nSPS) is 20.2. The van der Waals surface area contributed by atoms with Crippen molar-refractivity contribution in [2.24, 2.45) is 5.92 Å². The summed E-state index contributed by atoms with van der Waals surface area (Å²) in [6.45, 7) is 7.84. The lowest BCUT2D eigenvalue weighted by molar-refractivity contribution is 0.0938. The average Bonchev–Trinajstić information content (AvgIpc) is 3.51. The van der Waals surface area contributed by atoms with E-state index in [1.165, 1.54) is 37.7 Å². The van der Waals surface area contributed by atoms with Crippen molar-refractivity contribution in [2.45, 2.75) is 77.5 Å². The van der Waals surface area contributed by atoms with Crippen LogP contribution in [0.25, 0.3) is 11.0 Å². The second-order valence-corrected chi connectivity index (χ2v) is 10.3. The van der Waals surface area contributed by atoms with Crippen molar-refractivity contribution in [3.8, 4) is 0 Å². The fourth-order valence-corrected chi connectivity index (χ4v) is 5.76. The molecule has 0 spiro atoms. The molecule has 2 aliphatic rings. The van der Waals surface area contributed by atoms with Crippen LogP contribution in [0.2, 0.25) is 0 Å². The van der Waals surface area contributed by atoms with Crippen molar-refractivity contribution < 1.29 is 4.79 Å². The average molecular weight is 475 g/mol. The van der Waals surface area contributed by atoms with Crippen LogP contribution >= 0.6 is 0 Å². The van der Waals surface area contributed by atoms with E-state index in [-0.39, 0.29) is 11.9 Å². The summed E-state index contributed by atoms with van der Waals surface area (Å²) < 4.78 is 1.89. The second-order valence-electron chi connectivity index (χ2n) is 10.3. The number of carbonyl (C=O) groups excluding carboxylic acids is 1. The Morgan fingerprint density at radius 2 is 1.91 bits per heavy atom. The van der Waals surface area contributed by atoms with Gasteiger partial charge in [-0.3, -0.25) is 9.69 Å². The number of nitrogens with one attached hydrogen (secondary N) is 2. The van der Waals surface area contributed by atoms with Crippen molar-refractivity contribution in [1.82, 2.24) is 25.0 Å². The van der Waals surface area contributed by atoms with Crippen molar-refractivity contribution >= 4 is 22.6 Å². The number of hydrogen-bond acceptors (Lipinski definition) is 5. The van der Waals surface area contributed by atoms with Crippen LogP contribution in [-0.2, 0) is 13.1 Å². The van der Waals surface area contributed by atoms with Gasteiger partial charge in [0.05, 0.1) is 22.8 Å². The molecule has 1 aromatic carbocycles. The third-order valence-corrected chi connectivity index (χ3v) is 7.80. The monoisotopic (exact) mass is 474 g/mol. The molecule has 2 unspecified atom stereocenters. The molecule has 2 aromatic heterocycles. The summed E-state index contributed by atoms with van der Waals surface area (Å²) in [5, 5.41) is 12.5. The Bertz CT molecular complexity index is 1140. The van der Waals surface area contributed by atoms with Crippen LogP contribution in [0.15, 0.2) is 42.7 Å². The van der Waals surface area contributed by atoms with Gasteiger partial charge in [0.1, 0.15) is 0 Å². The van der Waals surface area contributed by atoms with Crippen molar-refractivity contribution in [1.29, 1.82) is 0 Å². The van der Waals surface area contributed by atoms with Gasteiger partial charge in [-0.2, -0.15) is 5.10 Å². The standard InChI is InChI=1S/C28H38N6O/c1-3-34-27-24(17-30-34)26(31-20(2)22-12-8-5-9-13-22)25(16-29-27)28(35)32-23-14-15-33(19-23)18-21-10-6-4-7-11-21/h4,6-7,10-11,16-17,20,22-23H,3,5,8-9,12-15,18-19H2,1-2H3,(H,29,31)(H,32,35). The molecule has 0 bridgehead atoms. The number of fused-ring (bicyclic) bond motifs is 1. The molecule has 2 fully saturated rings. The van der Waals surface area contributed by atoms with Crippen LogP contribution in [0, 0.1) is 5.92 Å². The molecule has 5 rings (SSSR count). The predicted octanol–water partition coefficient (Wildman–Crippen LogP) is 4.84. The van der Waals surface area contributed by atoms with Gasteiger partial charge in [-0.25, -0.2) is 9.67 Å². The van der Waals surface area contributed by atoms with Crippen molar-refractivity contribution in [2.75, 3.05) is 18.4 Å². The Labute approximate surface area is 208 Å². The molecule has 3 aromatic rings. The maximum Gasteiger partial charge on any atom is 0.255 e. The first-order chi connectivity index (χ1) is 17.1. The Morgan fingerprint density at radius 3 is 2.69 bits per heavy atom. The Kier molecular flexibility index (Phi) is 7.32. The third-order valence-electron chi connectivity index (χ3n) is 7.80. The number of nitrogens with zero attached hydrogens (tertiary/aromatic N) is 4. The first-order valence-corrected chi connectivity index (χ1v) is 13.3. The summed E-state index contributed by atoms with van der Waals surface area (Å²) in [6.07, 6.45) is 11.0. The molecular weight excluding hydrogens is 436 g/mol. The van der Waals surface area contributed by atoms with Crippen LogP contribution in [-0.4, -0.2) is 50.7 Å². The van der Waals surface area contributed by atoms with E-state index < -0.39 is 0 Å². The number of aryl methyl sites for hydroxylation is 1. The Balaban J connectivity index is 1.33. The Hall–Kier alpha value is -2.93. The number of likely N-dealkylation sites (tertiary alicyclic amines) is 1. The van der Waals surface area contributed by atoms with Gasteiger partial charge >= 0.3 is 0 Å². The zero-order valence-electron chi connectivity index (χ0n) is 21.0. The van der Waals surface area contributed by atoms with Gasteiger partial charge in [0.2, 0.25) is 0 Å². The minimum Gasteiger partial charge on any atom is -0.381 e. The van der Waals surface area contributed by atoms with E-state index in [0.717, 1.165) is 49.3 Å². The molecule has 1 saturated carbocycles. The minimum absolute atomic E-state index is 0.0476. The maximum atomic E-state index is 13.5. The largest absolute Gasteiger partial charge is 0.381 e. The highest BCUT2D eigenvalue weighted by Gasteiger charge is 2.28. The van der Waals surface area contributed by atoms with Crippen LogP contribution in [0.3, 0.4) is 0 Å². The zero-order valence-corrected chi connectivity index (χ0v) is 21.0. The molecule has 186 valence electrons. The molecule has 1 saturated heterocycles. The summed E-state index contributed by atoms with van der Waals surface area (Å²) in [4.78, 5) is 20.6. The molecule has 2 atom stereocenters. The number of benzene rings is 1. The first-order valence-electron chi connectivity index (χ1n) is 13.3. The van der Waals surface area contributed by atoms with Gasteiger partial charge in [0.15, 0.2) is 5.65 Å². The fourth-order valence-electron chi connectivity index (χ4n) is 5.76. The number of hydrogen-bond donors (Lipinski definition) is 2. The van der Waals surface area contributed by atoms with Gasteiger partial charge in [-0.15, -0.1) is 0 Å². The van der Waals surface area contributed by atoms with Crippen molar-refractivity contribution in [3.05, 3.63) is 53.9 Å². The fraction of sp³-hybridized carbons (Fsp3) is 0.536. The predicted molar refractivity (Wildman–Crippen MR) is 140 cm³/mol. The molecule has 2 N–H and O–H groups in total. The van der Waals surface area contributed by atoms with Crippen LogP contribution in [0.5, 0.6) is 0 Å². The quantitative estimate of drug-likeness (QED) is 0.489. The summed E-state index contributed by atoms with van der Waals surface area (Å²) in [5.41, 5.74) is 3.64.